The van der Waals surface area contributed by atoms with Crippen LogP contribution in [0.2, 0.25) is 5.02 Å². The Bertz CT molecular complexity index is 933. The van der Waals surface area contributed by atoms with Gasteiger partial charge in [-0.05, 0) is 36.8 Å². The predicted octanol–water partition coefficient (Wildman–Crippen LogP) is 4.59. The molecule has 1 N–H and O–H groups in total. The van der Waals surface area contributed by atoms with Crippen molar-refractivity contribution < 1.29 is 18.7 Å². The summed E-state index contributed by atoms with van der Waals surface area (Å²) in [6, 6.07) is 8.90. The van der Waals surface area contributed by atoms with Crippen molar-refractivity contribution in [3.63, 3.8) is 0 Å². The summed E-state index contributed by atoms with van der Waals surface area (Å²) in [4.78, 5) is 12.4. The van der Waals surface area contributed by atoms with E-state index in [1.807, 2.05) is 19.1 Å². The van der Waals surface area contributed by atoms with Crippen molar-refractivity contribution in [3.05, 3.63) is 52.7 Å². The van der Waals surface area contributed by atoms with Crippen LogP contribution < -0.4 is 14.8 Å². The number of aryl methyl sites for hydroxylation is 1. The number of ether oxygens (including phenoxy) is 2. The Morgan fingerprint density at radius 3 is 2.72 bits per heavy atom. The van der Waals surface area contributed by atoms with Crippen LogP contribution in [0.25, 0.3) is 11.0 Å². The van der Waals surface area contributed by atoms with E-state index < -0.39 is 0 Å². The zero-order valence-corrected chi connectivity index (χ0v) is 14.9. The zero-order chi connectivity index (χ0) is 18.0. The third-order valence-electron chi connectivity index (χ3n) is 3.97. The van der Waals surface area contributed by atoms with Gasteiger partial charge < -0.3 is 19.2 Å². The van der Waals surface area contributed by atoms with E-state index in [9.17, 15) is 4.79 Å². The fraction of sp³-hybridized carbons (Fsp3) is 0.211. The number of benzene rings is 2. The first-order valence-corrected chi connectivity index (χ1v) is 8.07. The average molecular weight is 360 g/mol. The Kier molecular flexibility index (Phi) is 4.86. The van der Waals surface area contributed by atoms with Gasteiger partial charge in [0.05, 0.1) is 32.6 Å². The summed E-state index contributed by atoms with van der Waals surface area (Å²) in [6.07, 6.45) is 1.76. The van der Waals surface area contributed by atoms with E-state index in [-0.39, 0.29) is 12.3 Å². The van der Waals surface area contributed by atoms with E-state index >= 15 is 0 Å². The molecule has 130 valence electrons. The van der Waals surface area contributed by atoms with Crippen LogP contribution in [0.5, 0.6) is 11.5 Å². The lowest BCUT2D eigenvalue weighted by atomic mass is 10.1. The number of anilines is 1. The monoisotopic (exact) mass is 359 g/mol. The summed E-state index contributed by atoms with van der Waals surface area (Å²) < 4.78 is 16.0. The van der Waals surface area contributed by atoms with Crippen LogP contribution in [0.15, 0.2) is 41.0 Å². The minimum absolute atomic E-state index is 0.168. The maximum absolute atomic E-state index is 12.4. The Labute approximate surface area is 150 Å². The maximum Gasteiger partial charge on any atom is 0.229 e. The first-order chi connectivity index (χ1) is 12.0. The van der Waals surface area contributed by atoms with Gasteiger partial charge in [0.2, 0.25) is 5.91 Å². The number of halogens is 1. The summed E-state index contributed by atoms with van der Waals surface area (Å²) in [5.41, 5.74) is 3.01. The molecule has 5 nitrogen and oxygen atoms in total. The molecule has 1 heterocycles. The summed E-state index contributed by atoms with van der Waals surface area (Å²) in [6.45, 7) is 1.91. The molecule has 0 aliphatic carbocycles. The van der Waals surface area contributed by atoms with Gasteiger partial charge in [-0.2, -0.15) is 0 Å². The Balaban J connectivity index is 1.80. The van der Waals surface area contributed by atoms with Crippen molar-refractivity contribution in [2.24, 2.45) is 0 Å². The van der Waals surface area contributed by atoms with Crippen LogP contribution in [-0.2, 0) is 11.2 Å². The largest absolute Gasteiger partial charge is 0.497 e. The lowest BCUT2D eigenvalue weighted by Gasteiger charge is -2.11. The molecule has 3 rings (SSSR count). The molecule has 2 aromatic carbocycles. The minimum Gasteiger partial charge on any atom is -0.497 e. The van der Waals surface area contributed by atoms with Crippen LogP contribution in [0.1, 0.15) is 11.1 Å². The summed E-state index contributed by atoms with van der Waals surface area (Å²) >= 11 is 6.18. The number of fused-ring (bicyclic) bond motifs is 1. The van der Waals surface area contributed by atoms with Gasteiger partial charge in [0.25, 0.3) is 0 Å². The van der Waals surface area contributed by atoms with Crippen LogP contribution in [0.3, 0.4) is 0 Å². The fourth-order valence-electron chi connectivity index (χ4n) is 2.61. The predicted molar refractivity (Wildman–Crippen MR) is 97.8 cm³/mol. The molecule has 0 bridgehead atoms. The number of furan rings is 1. The number of hydrogen-bond donors (Lipinski definition) is 1. The number of carbonyl (C=O) groups is 1. The highest BCUT2D eigenvalue weighted by molar-refractivity contribution is 6.32. The van der Waals surface area contributed by atoms with Crippen molar-refractivity contribution in [2.45, 2.75) is 13.3 Å². The van der Waals surface area contributed by atoms with Gasteiger partial charge in [0.1, 0.15) is 17.1 Å². The number of hydrogen-bond acceptors (Lipinski definition) is 4. The third-order valence-corrected chi connectivity index (χ3v) is 4.38. The second-order valence-corrected chi connectivity index (χ2v) is 6.06. The molecule has 0 unspecified atom stereocenters. The highest BCUT2D eigenvalue weighted by Crippen LogP contribution is 2.30. The molecule has 0 aliphatic heterocycles. The minimum atomic E-state index is -0.178. The van der Waals surface area contributed by atoms with Gasteiger partial charge >= 0.3 is 0 Å². The highest BCUT2D eigenvalue weighted by Gasteiger charge is 2.14. The molecule has 3 aromatic rings. The molecule has 0 atom stereocenters. The average Bonchev–Trinajstić information content (AvgIpc) is 2.97. The van der Waals surface area contributed by atoms with Gasteiger partial charge in [-0.3, -0.25) is 4.79 Å². The summed E-state index contributed by atoms with van der Waals surface area (Å²) in [5, 5.41) is 4.33. The second-order valence-electron chi connectivity index (χ2n) is 5.65. The van der Waals surface area contributed by atoms with E-state index in [1.165, 1.54) is 0 Å². The van der Waals surface area contributed by atoms with Gasteiger partial charge in [0, 0.05) is 22.0 Å². The van der Waals surface area contributed by atoms with Crippen LogP contribution in [0.4, 0.5) is 5.69 Å². The molecule has 25 heavy (non-hydrogen) atoms. The Hall–Kier alpha value is -2.66. The van der Waals surface area contributed by atoms with E-state index in [1.54, 1.807) is 38.7 Å². The number of methoxy groups -OCH3 is 2. The number of amides is 1. The Morgan fingerprint density at radius 1 is 1.20 bits per heavy atom. The molecular formula is C19H18ClNO4. The van der Waals surface area contributed by atoms with E-state index in [2.05, 4.69) is 5.32 Å². The SMILES string of the molecule is COc1ccc(NC(=O)Cc2coc3cc(C)c(Cl)cc23)c(OC)c1. The van der Waals surface area contributed by atoms with Crippen LogP contribution in [-0.4, -0.2) is 20.1 Å². The summed E-state index contributed by atoms with van der Waals surface area (Å²) in [5.74, 6) is 1.01. The summed E-state index contributed by atoms with van der Waals surface area (Å²) in [7, 11) is 3.11. The van der Waals surface area contributed by atoms with Gasteiger partial charge in [-0.15, -0.1) is 0 Å². The topological polar surface area (TPSA) is 60.7 Å². The van der Waals surface area contributed by atoms with Crippen molar-refractivity contribution in [3.8, 4) is 11.5 Å². The van der Waals surface area contributed by atoms with Crippen molar-refractivity contribution in [2.75, 3.05) is 19.5 Å². The van der Waals surface area contributed by atoms with E-state index in [4.69, 9.17) is 25.5 Å². The first-order valence-electron chi connectivity index (χ1n) is 7.70. The molecule has 0 fully saturated rings. The number of rotatable bonds is 5. The molecular weight excluding hydrogens is 342 g/mol. The van der Waals surface area contributed by atoms with Gasteiger partial charge in [0.15, 0.2) is 0 Å². The molecule has 6 heteroatoms. The lowest BCUT2D eigenvalue weighted by Crippen LogP contribution is -2.14. The highest BCUT2D eigenvalue weighted by atomic mass is 35.5. The number of nitrogens with one attached hydrogen (secondary N) is 1. The van der Waals surface area contributed by atoms with Crippen molar-refractivity contribution in [1.29, 1.82) is 0 Å². The standard InChI is InChI=1S/C19H18ClNO4/c1-11-6-17-14(9-15(11)20)12(10-25-17)7-19(22)21-16-5-4-13(23-2)8-18(16)24-3/h4-6,8-10H,7H2,1-3H3,(H,21,22). The molecule has 0 radical (unpaired) electrons. The molecule has 1 aromatic heterocycles. The normalized spacial score (nSPS) is 10.7. The molecule has 0 aliphatic rings. The van der Waals surface area contributed by atoms with Gasteiger partial charge in [-0.1, -0.05) is 11.6 Å². The zero-order valence-electron chi connectivity index (χ0n) is 14.2. The van der Waals surface area contributed by atoms with E-state index in [0.29, 0.717) is 27.8 Å². The molecule has 0 saturated carbocycles. The van der Waals surface area contributed by atoms with Gasteiger partial charge in [-0.25, -0.2) is 0 Å². The third kappa shape index (κ3) is 3.56. The van der Waals surface area contributed by atoms with Crippen LogP contribution >= 0.6 is 11.6 Å². The molecule has 1 amide bonds. The van der Waals surface area contributed by atoms with E-state index in [0.717, 1.165) is 16.5 Å². The smallest absolute Gasteiger partial charge is 0.229 e. The second kappa shape index (κ2) is 7.07. The van der Waals surface area contributed by atoms with Crippen molar-refractivity contribution >= 4 is 34.2 Å². The fourth-order valence-corrected chi connectivity index (χ4v) is 2.77. The maximum atomic E-state index is 12.4. The number of carbonyl (C=O) groups excluding carboxylic acids is 1. The first kappa shape index (κ1) is 17.2. The lowest BCUT2D eigenvalue weighted by molar-refractivity contribution is -0.115. The molecule has 0 spiro atoms. The van der Waals surface area contributed by atoms with Crippen molar-refractivity contribution in [1.82, 2.24) is 0 Å². The molecule has 0 saturated heterocycles. The van der Waals surface area contributed by atoms with Crippen LogP contribution in [0, 0.1) is 6.92 Å². The Morgan fingerprint density at radius 2 is 2.00 bits per heavy atom. The quantitative estimate of drug-likeness (QED) is 0.723.